The molecule has 4 rings (SSSR count). The molecular formula is C23H19NO4S2. The zero-order valence-corrected chi connectivity index (χ0v) is 18.0. The summed E-state index contributed by atoms with van der Waals surface area (Å²) >= 11 is 0. The highest BCUT2D eigenvalue weighted by atomic mass is 32.2. The van der Waals surface area contributed by atoms with Crippen molar-refractivity contribution < 1.29 is 16.8 Å². The number of aryl methyl sites for hydroxylation is 2. The third-order valence-corrected chi connectivity index (χ3v) is 8.64. The largest absolute Gasteiger partial charge is 0.264 e. The van der Waals surface area contributed by atoms with Crippen LogP contribution in [0.1, 0.15) is 11.1 Å². The van der Waals surface area contributed by atoms with Crippen LogP contribution in [0.2, 0.25) is 0 Å². The van der Waals surface area contributed by atoms with E-state index in [4.69, 9.17) is 0 Å². The van der Waals surface area contributed by atoms with Crippen molar-refractivity contribution in [2.24, 2.45) is 0 Å². The molecule has 0 fully saturated rings. The Morgan fingerprint density at radius 3 is 1.47 bits per heavy atom. The lowest BCUT2D eigenvalue weighted by molar-refractivity contribution is 0.593. The van der Waals surface area contributed by atoms with E-state index in [9.17, 15) is 16.8 Å². The van der Waals surface area contributed by atoms with Gasteiger partial charge in [-0.25, -0.2) is 16.8 Å². The molecule has 0 aliphatic rings. The number of hydrogen-bond donors (Lipinski definition) is 0. The van der Waals surface area contributed by atoms with Gasteiger partial charge in [-0.15, -0.1) is 0 Å². The van der Waals surface area contributed by atoms with E-state index in [-0.39, 0.29) is 25.0 Å². The first kappa shape index (κ1) is 20.3. The van der Waals surface area contributed by atoms with Gasteiger partial charge >= 0.3 is 0 Å². The van der Waals surface area contributed by atoms with Crippen LogP contribution in [0.5, 0.6) is 0 Å². The Morgan fingerprint density at radius 2 is 1.00 bits per heavy atom. The average molecular weight is 438 g/mol. The molecule has 5 nitrogen and oxygen atoms in total. The van der Waals surface area contributed by atoms with Crippen LogP contribution in [0.25, 0.3) is 10.8 Å². The lowest BCUT2D eigenvalue weighted by atomic mass is 10.2. The Bertz CT molecular complexity index is 1340. The van der Waals surface area contributed by atoms with Gasteiger partial charge < -0.3 is 0 Å². The molecule has 0 saturated heterocycles. The molecule has 30 heavy (non-hydrogen) atoms. The van der Waals surface area contributed by atoms with E-state index >= 15 is 0 Å². The van der Waals surface area contributed by atoms with Crippen molar-refractivity contribution in [2.75, 3.05) is 0 Å². The molecule has 0 aliphatic heterocycles. The van der Waals surface area contributed by atoms with Gasteiger partial charge in [0.2, 0.25) is 19.7 Å². The Morgan fingerprint density at radius 1 is 0.567 bits per heavy atom. The Hall–Kier alpha value is -3.03. The molecule has 0 unspecified atom stereocenters. The van der Waals surface area contributed by atoms with Gasteiger partial charge in [0.1, 0.15) is 0 Å². The van der Waals surface area contributed by atoms with Gasteiger partial charge in [-0.2, -0.15) is 0 Å². The van der Waals surface area contributed by atoms with E-state index in [1.807, 2.05) is 13.8 Å². The summed E-state index contributed by atoms with van der Waals surface area (Å²) in [5, 5.41) is 0.588. The minimum absolute atomic E-state index is 0.0253. The third kappa shape index (κ3) is 3.40. The summed E-state index contributed by atoms with van der Waals surface area (Å²) in [7, 11) is -7.69. The molecule has 0 atom stereocenters. The lowest BCUT2D eigenvalue weighted by Crippen LogP contribution is -2.07. The highest BCUT2D eigenvalue weighted by Gasteiger charge is 2.26. The molecule has 0 bridgehead atoms. The summed E-state index contributed by atoms with van der Waals surface area (Å²) in [6.07, 6.45) is 2.85. The first-order chi connectivity index (χ1) is 14.2. The molecule has 0 N–H and O–H groups in total. The Kier molecular flexibility index (Phi) is 4.95. The van der Waals surface area contributed by atoms with Crippen molar-refractivity contribution in [3.05, 3.63) is 90.3 Å². The van der Waals surface area contributed by atoms with Gasteiger partial charge in [0.15, 0.2) is 0 Å². The van der Waals surface area contributed by atoms with Gasteiger partial charge in [-0.05, 0) is 56.3 Å². The van der Waals surface area contributed by atoms with E-state index in [1.165, 1.54) is 30.6 Å². The highest BCUT2D eigenvalue weighted by molar-refractivity contribution is 7.92. The third-order valence-electron chi connectivity index (χ3n) is 4.98. The van der Waals surface area contributed by atoms with Crippen molar-refractivity contribution in [2.45, 2.75) is 33.4 Å². The van der Waals surface area contributed by atoms with Gasteiger partial charge in [0, 0.05) is 23.2 Å². The number of rotatable bonds is 4. The zero-order valence-electron chi connectivity index (χ0n) is 16.4. The fraction of sp³-hybridized carbons (Fsp3) is 0.0870. The molecule has 4 aromatic rings. The minimum Gasteiger partial charge on any atom is -0.264 e. The Balaban J connectivity index is 1.95. The summed E-state index contributed by atoms with van der Waals surface area (Å²) in [6, 6.07) is 17.3. The summed E-state index contributed by atoms with van der Waals surface area (Å²) in [4.78, 5) is 4.41. The van der Waals surface area contributed by atoms with Crippen LogP contribution in [0.4, 0.5) is 0 Å². The van der Waals surface area contributed by atoms with E-state index in [0.717, 1.165) is 11.1 Å². The Labute approximate surface area is 175 Å². The van der Waals surface area contributed by atoms with Crippen LogP contribution in [0, 0.1) is 13.8 Å². The van der Waals surface area contributed by atoms with E-state index in [1.54, 1.807) is 48.5 Å². The summed E-state index contributed by atoms with van der Waals surface area (Å²) in [5.41, 5.74) is 1.89. The minimum atomic E-state index is -3.85. The summed E-state index contributed by atoms with van der Waals surface area (Å²) in [5.74, 6) is 0. The molecule has 0 aliphatic carbocycles. The summed E-state index contributed by atoms with van der Waals surface area (Å²) < 4.78 is 53.0. The molecule has 0 radical (unpaired) electrons. The molecule has 0 amide bonds. The number of pyridine rings is 1. The van der Waals surface area contributed by atoms with E-state index in [0.29, 0.717) is 5.39 Å². The van der Waals surface area contributed by atoms with Gasteiger partial charge in [0.25, 0.3) is 0 Å². The monoisotopic (exact) mass is 437 g/mol. The van der Waals surface area contributed by atoms with Gasteiger partial charge in [0.05, 0.1) is 19.6 Å². The number of fused-ring (bicyclic) bond motifs is 1. The van der Waals surface area contributed by atoms with E-state index < -0.39 is 19.7 Å². The molecule has 1 heterocycles. The maximum Gasteiger partial charge on any atom is 0.207 e. The maximum atomic E-state index is 13.3. The molecule has 3 aromatic carbocycles. The quantitative estimate of drug-likeness (QED) is 0.469. The second kappa shape index (κ2) is 7.34. The zero-order chi connectivity index (χ0) is 21.5. The van der Waals surface area contributed by atoms with Crippen LogP contribution in [-0.2, 0) is 19.7 Å². The fourth-order valence-corrected chi connectivity index (χ4v) is 6.20. The standard InChI is InChI=1S/C23H19NO4S2/c1-16-3-7-18(8-4-16)29(25,26)22-11-12-23(21-15-24-14-13-20(21)22)30(27,28)19-9-5-17(2)6-10-19/h3-15H,1-2H3. The van der Waals surface area contributed by atoms with Crippen molar-refractivity contribution in [3.63, 3.8) is 0 Å². The van der Waals surface area contributed by atoms with Crippen molar-refractivity contribution in [1.82, 2.24) is 4.98 Å². The number of hydrogen-bond acceptors (Lipinski definition) is 5. The van der Waals surface area contributed by atoms with Gasteiger partial charge in [-0.3, -0.25) is 4.98 Å². The fourth-order valence-electron chi connectivity index (χ4n) is 3.29. The summed E-state index contributed by atoms with van der Waals surface area (Å²) in [6.45, 7) is 3.75. The highest BCUT2D eigenvalue weighted by Crippen LogP contribution is 2.34. The SMILES string of the molecule is Cc1ccc(S(=O)(=O)c2ccc(S(=O)(=O)c3ccc(C)cc3)c3cnccc23)cc1. The average Bonchev–Trinajstić information content (AvgIpc) is 2.73. The van der Waals surface area contributed by atoms with Crippen LogP contribution >= 0.6 is 0 Å². The van der Waals surface area contributed by atoms with Crippen molar-refractivity contribution in [3.8, 4) is 0 Å². The van der Waals surface area contributed by atoms with Gasteiger partial charge in [-0.1, -0.05) is 35.4 Å². The van der Waals surface area contributed by atoms with Crippen molar-refractivity contribution in [1.29, 1.82) is 0 Å². The first-order valence-corrected chi connectivity index (χ1v) is 12.2. The topological polar surface area (TPSA) is 81.2 Å². The second-order valence-corrected chi connectivity index (χ2v) is 11.0. The molecule has 0 saturated carbocycles. The number of benzene rings is 3. The van der Waals surface area contributed by atoms with Crippen molar-refractivity contribution >= 4 is 30.4 Å². The predicted octanol–water partition coefficient (Wildman–Crippen LogP) is 4.52. The number of nitrogens with zero attached hydrogens (tertiary/aromatic N) is 1. The number of aromatic nitrogens is 1. The van der Waals surface area contributed by atoms with Crippen LogP contribution in [0.15, 0.2) is 98.7 Å². The van der Waals surface area contributed by atoms with Crippen LogP contribution in [0.3, 0.4) is 0 Å². The first-order valence-electron chi connectivity index (χ1n) is 9.21. The van der Waals surface area contributed by atoms with Crippen LogP contribution < -0.4 is 0 Å². The molecule has 1 aromatic heterocycles. The predicted molar refractivity (Wildman–Crippen MR) is 115 cm³/mol. The number of sulfone groups is 2. The molecular weight excluding hydrogens is 418 g/mol. The smallest absolute Gasteiger partial charge is 0.207 e. The molecule has 7 heteroatoms. The normalized spacial score (nSPS) is 12.2. The lowest BCUT2D eigenvalue weighted by Gasteiger charge is -2.13. The molecule has 152 valence electrons. The molecule has 0 spiro atoms. The van der Waals surface area contributed by atoms with E-state index in [2.05, 4.69) is 4.98 Å². The second-order valence-electron chi connectivity index (χ2n) is 7.12. The van der Waals surface area contributed by atoms with Crippen LogP contribution in [-0.4, -0.2) is 21.8 Å². The maximum absolute atomic E-state index is 13.3.